The van der Waals surface area contributed by atoms with Crippen LogP contribution in [0.5, 0.6) is 0 Å². The fraction of sp³-hybridized carbons (Fsp3) is 0.562. The first-order chi connectivity index (χ1) is 10.7. The topological polar surface area (TPSA) is 41.6 Å². The van der Waals surface area contributed by atoms with Crippen molar-refractivity contribution in [1.82, 2.24) is 10.2 Å². The van der Waals surface area contributed by atoms with E-state index in [1.54, 1.807) is 0 Å². The van der Waals surface area contributed by atoms with Crippen LogP contribution >= 0.6 is 23.4 Å². The zero-order valence-electron chi connectivity index (χ0n) is 12.5. The molecule has 120 valence electrons. The Morgan fingerprint density at radius 1 is 1.32 bits per heavy atom. The van der Waals surface area contributed by atoms with Gasteiger partial charge >= 0.3 is 6.03 Å². The van der Waals surface area contributed by atoms with E-state index in [9.17, 15) is 4.79 Å². The van der Waals surface area contributed by atoms with Gasteiger partial charge in [0, 0.05) is 23.2 Å². The number of nitrogens with one attached hydrogen (secondary N) is 1. The zero-order chi connectivity index (χ0) is 15.4. The number of carbonyl (C=O) groups is 1. The average Bonchev–Trinajstić information content (AvgIpc) is 2.56. The Labute approximate surface area is 140 Å². The highest BCUT2D eigenvalue weighted by Gasteiger charge is 2.28. The number of urea groups is 1. The Hall–Kier alpha value is -0.910. The zero-order valence-corrected chi connectivity index (χ0v) is 14.0. The van der Waals surface area contributed by atoms with Crippen LogP contribution in [-0.2, 0) is 4.74 Å². The molecular weight excluding hydrogens is 320 g/mol. The lowest BCUT2D eigenvalue weighted by atomic mass is 10.1. The Bertz CT molecular complexity index is 523. The third kappa shape index (κ3) is 3.89. The Kier molecular flexibility index (Phi) is 5.50. The van der Waals surface area contributed by atoms with Gasteiger partial charge in [-0.15, -0.1) is 0 Å². The molecule has 2 aliphatic heterocycles. The minimum atomic E-state index is -0.143. The number of ether oxygens (including phenoxy) is 1. The smallest absolute Gasteiger partial charge is 0.317 e. The fourth-order valence-corrected chi connectivity index (χ4v) is 4.23. The molecule has 2 aliphatic rings. The molecule has 6 heteroatoms. The number of halogens is 1. The molecule has 0 bridgehead atoms. The summed E-state index contributed by atoms with van der Waals surface area (Å²) in [5.41, 5.74) is 0.954. The first-order valence-corrected chi connectivity index (χ1v) is 9.26. The van der Waals surface area contributed by atoms with Crippen LogP contribution in [0.1, 0.15) is 24.5 Å². The number of thioether (sulfide) groups is 1. The Morgan fingerprint density at radius 3 is 2.86 bits per heavy atom. The van der Waals surface area contributed by atoms with E-state index in [0.717, 1.165) is 29.9 Å². The van der Waals surface area contributed by atoms with E-state index in [2.05, 4.69) is 5.32 Å². The number of hydrogen-bond donors (Lipinski definition) is 1. The molecule has 3 rings (SSSR count). The number of rotatable bonds is 2. The molecule has 2 saturated heterocycles. The van der Waals surface area contributed by atoms with Gasteiger partial charge in [0.05, 0.1) is 13.2 Å². The maximum Gasteiger partial charge on any atom is 0.317 e. The van der Waals surface area contributed by atoms with Crippen LogP contribution in [0.3, 0.4) is 0 Å². The molecule has 2 fully saturated rings. The number of morpholine rings is 1. The summed E-state index contributed by atoms with van der Waals surface area (Å²) >= 11 is 8.20. The minimum absolute atomic E-state index is 0.0252. The van der Waals surface area contributed by atoms with Gasteiger partial charge in [-0.3, -0.25) is 0 Å². The summed E-state index contributed by atoms with van der Waals surface area (Å²) in [5, 5.41) is 3.85. The Balaban J connectivity index is 1.60. The van der Waals surface area contributed by atoms with Gasteiger partial charge in [0.15, 0.2) is 0 Å². The summed E-state index contributed by atoms with van der Waals surface area (Å²) < 4.78 is 5.81. The molecule has 0 aliphatic carbocycles. The Morgan fingerprint density at radius 2 is 2.09 bits per heavy atom. The highest BCUT2D eigenvalue weighted by molar-refractivity contribution is 7.99. The van der Waals surface area contributed by atoms with Gasteiger partial charge in [0.2, 0.25) is 0 Å². The number of carbonyl (C=O) groups excluding carboxylic acids is 1. The predicted octanol–water partition coefficient (Wildman–Crippen LogP) is 3.32. The molecule has 0 spiro atoms. The van der Waals surface area contributed by atoms with Crippen LogP contribution in [0.25, 0.3) is 0 Å². The summed E-state index contributed by atoms with van der Waals surface area (Å²) in [6.07, 6.45) is 1.98. The van der Waals surface area contributed by atoms with Gasteiger partial charge in [-0.25, -0.2) is 4.79 Å². The van der Waals surface area contributed by atoms with E-state index in [1.165, 1.54) is 0 Å². The molecular formula is C16H21ClN2O2S. The molecule has 1 N–H and O–H groups in total. The van der Waals surface area contributed by atoms with Gasteiger partial charge in [-0.05, 0) is 30.4 Å². The maximum absolute atomic E-state index is 12.4. The van der Waals surface area contributed by atoms with Crippen molar-refractivity contribution in [2.75, 3.05) is 31.2 Å². The second-order valence-corrected chi connectivity index (χ2v) is 7.30. The van der Waals surface area contributed by atoms with Gasteiger partial charge in [0.1, 0.15) is 6.10 Å². The summed E-state index contributed by atoms with van der Waals surface area (Å²) in [7, 11) is 0. The van der Waals surface area contributed by atoms with Crippen molar-refractivity contribution in [1.29, 1.82) is 0 Å². The predicted molar refractivity (Wildman–Crippen MR) is 90.6 cm³/mol. The second kappa shape index (κ2) is 7.57. The summed E-state index contributed by atoms with van der Waals surface area (Å²) in [5.74, 6) is 2.27. The van der Waals surface area contributed by atoms with Crippen molar-refractivity contribution >= 4 is 29.4 Å². The normalized spacial score (nSPS) is 23.3. The molecule has 2 heterocycles. The average molecular weight is 341 g/mol. The highest BCUT2D eigenvalue weighted by Crippen LogP contribution is 2.28. The van der Waals surface area contributed by atoms with Crippen LogP contribution in [0, 0.1) is 0 Å². The third-order valence-electron chi connectivity index (χ3n) is 4.15. The number of hydrogen-bond acceptors (Lipinski definition) is 3. The van der Waals surface area contributed by atoms with Crippen molar-refractivity contribution in [2.24, 2.45) is 0 Å². The molecule has 1 aromatic rings. The lowest BCUT2D eigenvalue weighted by Crippen LogP contribution is -2.50. The molecule has 0 aromatic heterocycles. The van der Waals surface area contributed by atoms with E-state index in [1.807, 2.05) is 40.9 Å². The van der Waals surface area contributed by atoms with Gasteiger partial charge in [0.25, 0.3) is 0 Å². The standard InChI is InChI=1S/C16H21ClN2O2S/c17-14-4-2-1-3-13(14)15-11-19(7-8-21-15)16(20)18-12-5-9-22-10-6-12/h1-4,12,15H,5-11H2,(H,18,20)/t15-/m0/s1. The molecule has 2 amide bonds. The third-order valence-corrected chi connectivity index (χ3v) is 5.55. The summed E-state index contributed by atoms with van der Waals surface area (Å²) in [6, 6.07) is 8.02. The van der Waals surface area contributed by atoms with Crippen molar-refractivity contribution in [3.05, 3.63) is 34.9 Å². The van der Waals surface area contributed by atoms with Crippen LogP contribution in [0.2, 0.25) is 5.02 Å². The highest BCUT2D eigenvalue weighted by atomic mass is 35.5. The van der Waals surface area contributed by atoms with Crippen molar-refractivity contribution in [2.45, 2.75) is 25.0 Å². The molecule has 0 radical (unpaired) electrons. The molecule has 0 saturated carbocycles. The molecule has 4 nitrogen and oxygen atoms in total. The van der Waals surface area contributed by atoms with Gasteiger partial charge in [-0.1, -0.05) is 29.8 Å². The van der Waals surface area contributed by atoms with Gasteiger partial charge < -0.3 is 15.0 Å². The van der Waals surface area contributed by atoms with E-state index in [-0.39, 0.29) is 12.1 Å². The number of nitrogens with zero attached hydrogens (tertiary/aromatic N) is 1. The lowest BCUT2D eigenvalue weighted by Gasteiger charge is -2.35. The van der Waals surface area contributed by atoms with Crippen LogP contribution in [0.4, 0.5) is 4.79 Å². The number of benzene rings is 1. The maximum atomic E-state index is 12.4. The molecule has 0 unspecified atom stereocenters. The van der Waals surface area contributed by atoms with Crippen LogP contribution in [-0.4, -0.2) is 48.2 Å². The van der Waals surface area contributed by atoms with Crippen molar-refractivity contribution in [3.63, 3.8) is 0 Å². The van der Waals surface area contributed by atoms with Gasteiger partial charge in [-0.2, -0.15) is 11.8 Å². The quantitative estimate of drug-likeness (QED) is 0.898. The first-order valence-electron chi connectivity index (χ1n) is 7.73. The summed E-state index contributed by atoms with van der Waals surface area (Å²) in [6.45, 7) is 1.73. The lowest BCUT2D eigenvalue weighted by molar-refractivity contribution is -0.0157. The minimum Gasteiger partial charge on any atom is -0.370 e. The largest absolute Gasteiger partial charge is 0.370 e. The fourth-order valence-electron chi connectivity index (χ4n) is 2.87. The molecule has 1 atom stereocenters. The summed E-state index contributed by atoms with van der Waals surface area (Å²) in [4.78, 5) is 14.3. The molecule has 22 heavy (non-hydrogen) atoms. The number of amides is 2. The van der Waals surface area contributed by atoms with E-state index in [0.29, 0.717) is 30.8 Å². The monoisotopic (exact) mass is 340 g/mol. The van der Waals surface area contributed by atoms with E-state index in [4.69, 9.17) is 16.3 Å². The van der Waals surface area contributed by atoms with E-state index >= 15 is 0 Å². The second-order valence-electron chi connectivity index (χ2n) is 5.66. The van der Waals surface area contributed by atoms with Crippen molar-refractivity contribution < 1.29 is 9.53 Å². The SMILES string of the molecule is O=C(NC1CCSCC1)N1CCO[C@H](c2ccccc2Cl)C1. The van der Waals surface area contributed by atoms with Crippen LogP contribution in [0.15, 0.2) is 24.3 Å². The molecule has 1 aromatic carbocycles. The van der Waals surface area contributed by atoms with E-state index < -0.39 is 0 Å². The first kappa shape index (κ1) is 16.0. The van der Waals surface area contributed by atoms with Crippen LogP contribution < -0.4 is 5.32 Å². The van der Waals surface area contributed by atoms with Crippen molar-refractivity contribution in [3.8, 4) is 0 Å².